The molecule has 322 valence electrons. The van der Waals surface area contributed by atoms with Gasteiger partial charge in [0, 0.05) is 82.8 Å². The molecule has 2 fully saturated rings. The van der Waals surface area contributed by atoms with Crippen LogP contribution in [0.25, 0.3) is 16.9 Å². The fourth-order valence-corrected chi connectivity index (χ4v) is 7.68. The molecule has 4 heterocycles. The summed E-state index contributed by atoms with van der Waals surface area (Å²) in [4.78, 5) is 61.2. The summed E-state index contributed by atoms with van der Waals surface area (Å²) in [7, 11) is 1.35. The van der Waals surface area contributed by atoms with Crippen LogP contribution in [0.1, 0.15) is 59.3 Å². The topological polar surface area (TPSA) is 184 Å². The zero-order valence-corrected chi connectivity index (χ0v) is 33.9. The van der Waals surface area contributed by atoms with Crippen molar-refractivity contribution in [2.75, 3.05) is 70.0 Å². The number of aromatic nitrogens is 4. The molecule has 2 aromatic carbocycles. The van der Waals surface area contributed by atoms with Crippen LogP contribution in [-0.4, -0.2) is 122 Å². The number of carboxylic acids is 1. The molecule has 1 unspecified atom stereocenters. The van der Waals surface area contributed by atoms with E-state index in [0.717, 1.165) is 47.3 Å². The van der Waals surface area contributed by atoms with E-state index in [-0.39, 0.29) is 76.4 Å². The highest BCUT2D eigenvalue weighted by atomic mass is 35.5. The van der Waals surface area contributed by atoms with Crippen molar-refractivity contribution in [3.63, 3.8) is 0 Å². The molecule has 2 aliphatic rings. The Balaban J connectivity index is 1.05. The number of piperazine rings is 1. The van der Waals surface area contributed by atoms with Gasteiger partial charge in [0.2, 0.25) is 5.91 Å². The Hall–Kier alpha value is -5.53. The molecule has 0 aliphatic carbocycles. The summed E-state index contributed by atoms with van der Waals surface area (Å²) >= 11 is 6.54. The first-order chi connectivity index (χ1) is 28.5. The maximum absolute atomic E-state index is 14.6. The first kappa shape index (κ1) is 44.0. The van der Waals surface area contributed by atoms with Crippen LogP contribution in [0.2, 0.25) is 5.02 Å². The lowest BCUT2D eigenvalue weighted by Crippen LogP contribution is -2.52. The fourth-order valence-electron chi connectivity index (χ4n) is 7.42. The number of nitrogens with zero attached hydrogens (tertiary/aromatic N) is 7. The Morgan fingerprint density at radius 2 is 1.78 bits per heavy atom. The summed E-state index contributed by atoms with van der Waals surface area (Å²) < 4.78 is 58.8. The van der Waals surface area contributed by atoms with E-state index in [1.165, 1.54) is 37.4 Å². The number of hydrogen-bond acceptors (Lipinski definition) is 9. The third-order valence-electron chi connectivity index (χ3n) is 10.9. The molecular weight excluding hydrogens is 812 g/mol. The standard InChI is InChI=1S/C40H47ClF4N10O5/c1-3-25(10-12-52(11-4-5-34(56)57)22-24-19-47-20-24)38(59)53-13-15-54(16-14-53)39(60)28-8-7-27(18-30(28)41)49-37(58)36-48-21-33(51(36)2)29-23-55(50-35(29)40(43,44)45)32-9-6-26(46)17-31(32)42/h6-9,17-18,21,23-25,47H,3-5,10-16,19-20,22,46H2,1-2H3,(H,49,58)(H,56,57). The number of benzene rings is 2. The van der Waals surface area contributed by atoms with Gasteiger partial charge in [-0.2, -0.15) is 18.3 Å². The summed E-state index contributed by atoms with van der Waals surface area (Å²) in [5.74, 6) is -2.75. The van der Waals surface area contributed by atoms with Gasteiger partial charge in [0.15, 0.2) is 17.3 Å². The zero-order valence-electron chi connectivity index (χ0n) is 33.1. The number of nitrogens with one attached hydrogen (secondary N) is 2. The van der Waals surface area contributed by atoms with Crippen molar-refractivity contribution in [2.45, 2.75) is 38.8 Å². The maximum atomic E-state index is 14.6. The van der Waals surface area contributed by atoms with Crippen molar-refractivity contribution >= 4 is 46.7 Å². The van der Waals surface area contributed by atoms with Crippen molar-refractivity contribution in [1.82, 2.24) is 39.3 Å². The van der Waals surface area contributed by atoms with E-state index >= 15 is 0 Å². The molecule has 2 aromatic heterocycles. The molecule has 4 aromatic rings. The van der Waals surface area contributed by atoms with Crippen LogP contribution >= 0.6 is 11.6 Å². The number of rotatable bonds is 16. The second-order valence-corrected chi connectivity index (χ2v) is 15.5. The molecule has 6 rings (SSSR count). The lowest BCUT2D eigenvalue weighted by Gasteiger charge is -2.37. The molecule has 2 saturated heterocycles. The van der Waals surface area contributed by atoms with E-state index in [1.54, 1.807) is 9.80 Å². The predicted octanol–water partition coefficient (Wildman–Crippen LogP) is 5.01. The molecule has 1 atom stereocenters. The summed E-state index contributed by atoms with van der Waals surface area (Å²) in [6, 6.07) is 7.77. The summed E-state index contributed by atoms with van der Waals surface area (Å²) in [6.45, 7) is 7.33. The van der Waals surface area contributed by atoms with Gasteiger partial charge in [-0.25, -0.2) is 14.1 Å². The monoisotopic (exact) mass is 858 g/mol. The van der Waals surface area contributed by atoms with Gasteiger partial charge in [0.05, 0.1) is 28.0 Å². The molecule has 60 heavy (non-hydrogen) atoms. The normalized spacial score (nSPS) is 15.3. The number of halogens is 5. The average Bonchev–Trinajstić information content (AvgIpc) is 3.80. The Kier molecular flexibility index (Phi) is 13.8. The van der Waals surface area contributed by atoms with Gasteiger partial charge >= 0.3 is 12.1 Å². The van der Waals surface area contributed by atoms with E-state index in [1.807, 2.05) is 6.92 Å². The Bertz CT molecular complexity index is 2220. The molecule has 0 saturated carbocycles. The Morgan fingerprint density at radius 1 is 1.07 bits per heavy atom. The summed E-state index contributed by atoms with van der Waals surface area (Å²) in [6.07, 6.45) is -0.903. The fraction of sp³-hybridized carbons (Fsp3) is 0.450. The maximum Gasteiger partial charge on any atom is 0.435 e. The van der Waals surface area contributed by atoms with E-state index in [9.17, 15) is 36.7 Å². The van der Waals surface area contributed by atoms with E-state index in [2.05, 4.69) is 25.6 Å². The van der Waals surface area contributed by atoms with Crippen molar-refractivity contribution in [3.05, 3.63) is 76.7 Å². The van der Waals surface area contributed by atoms with Gasteiger partial charge in [-0.1, -0.05) is 18.5 Å². The van der Waals surface area contributed by atoms with E-state index in [4.69, 9.17) is 22.4 Å². The first-order valence-corrected chi connectivity index (χ1v) is 20.0. The number of carboxylic acid groups (broad SMARTS) is 1. The molecule has 3 amide bonds. The average molecular weight is 859 g/mol. The molecule has 15 nitrogen and oxygen atoms in total. The van der Waals surface area contributed by atoms with Crippen LogP contribution in [0.5, 0.6) is 0 Å². The van der Waals surface area contributed by atoms with E-state index < -0.39 is 35.1 Å². The Morgan fingerprint density at radius 3 is 2.40 bits per heavy atom. The zero-order chi connectivity index (χ0) is 43.3. The van der Waals surface area contributed by atoms with Gasteiger partial charge in [-0.3, -0.25) is 19.2 Å². The third-order valence-corrected chi connectivity index (χ3v) is 11.2. The second kappa shape index (κ2) is 18.8. The molecule has 0 spiro atoms. The van der Waals surface area contributed by atoms with Gasteiger partial charge in [0.1, 0.15) is 5.69 Å². The minimum absolute atomic E-state index is 0.0303. The SMILES string of the molecule is CCC(CCN(CCCC(=O)O)CC1CNC1)C(=O)N1CCN(C(=O)c2ccc(NC(=O)c3ncc(-c4cn(-c5ccc(N)cc5F)nc4C(F)(F)F)n3C)cc2Cl)CC1. The first-order valence-electron chi connectivity index (χ1n) is 19.6. The van der Waals surface area contributed by atoms with Crippen LogP contribution in [0, 0.1) is 17.7 Å². The molecule has 0 bridgehead atoms. The highest BCUT2D eigenvalue weighted by Gasteiger charge is 2.39. The highest BCUT2D eigenvalue weighted by molar-refractivity contribution is 6.34. The quantitative estimate of drug-likeness (QED) is 0.0884. The molecule has 5 N–H and O–H groups in total. The number of amides is 3. The second-order valence-electron chi connectivity index (χ2n) is 15.1. The van der Waals surface area contributed by atoms with Gasteiger partial charge in [-0.05, 0) is 74.7 Å². The van der Waals surface area contributed by atoms with Crippen molar-refractivity contribution in [2.24, 2.45) is 18.9 Å². The lowest BCUT2D eigenvalue weighted by atomic mass is 9.98. The number of anilines is 2. The molecule has 20 heteroatoms. The number of aliphatic carboxylic acids is 1. The highest BCUT2D eigenvalue weighted by Crippen LogP contribution is 2.37. The van der Waals surface area contributed by atoms with Gasteiger partial charge in [-0.15, -0.1) is 0 Å². The van der Waals surface area contributed by atoms with Crippen LogP contribution in [0.3, 0.4) is 0 Å². The Labute approximate surface area is 348 Å². The van der Waals surface area contributed by atoms with Crippen molar-refractivity contribution in [1.29, 1.82) is 0 Å². The van der Waals surface area contributed by atoms with Gasteiger partial charge < -0.3 is 40.7 Å². The minimum Gasteiger partial charge on any atom is -0.481 e. The van der Waals surface area contributed by atoms with Gasteiger partial charge in [0.25, 0.3) is 11.8 Å². The smallest absolute Gasteiger partial charge is 0.435 e. The van der Waals surface area contributed by atoms with E-state index in [0.29, 0.717) is 51.4 Å². The number of nitrogen functional groups attached to an aromatic ring is 1. The van der Waals surface area contributed by atoms with Crippen LogP contribution in [0.15, 0.2) is 48.8 Å². The number of imidazole rings is 1. The lowest BCUT2D eigenvalue weighted by molar-refractivity contribution is -0.141. The molecule has 2 aliphatic heterocycles. The number of carbonyl (C=O) groups excluding carboxylic acids is 3. The molecule has 0 radical (unpaired) electrons. The minimum atomic E-state index is -4.93. The summed E-state index contributed by atoms with van der Waals surface area (Å²) in [5.41, 5.74) is 3.89. The van der Waals surface area contributed by atoms with Crippen molar-refractivity contribution < 1.29 is 41.8 Å². The predicted molar refractivity (Wildman–Crippen MR) is 215 cm³/mol. The van der Waals surface area contributed by atoms with Crippen LogP contribution in [-0.2, 0) is 22.8 Å². The summed E-state index contributed by atoms with van der Waals surface area (Å²) in [5, 5.41) is 18.6. The van der Waals surface area contributed by atoms with Crippen LogP contribution in [0.4, 0.5) is 28.9 Å². The van der Waals surface area contributed by atoms with Crippen molar-refractivity contribution in [3.8, 4) is 16.9 Å². The van der Waals surface area contributed by atoms with Crippen LogP contribution < -0.4 is 16.4 Å². The number of nitrogens with two attached hydrogens (primary N) is 1. The third kappa shape index (κ3) is 10.2. The molecular formula is C40H47ClF4N10O5. The number of carbonyl (C=O) groups is 4. The number of alkyl halides is 3. The largest absolute Gasteiger partial charge is 0.481 e. The number of hydrogen-bond donors (Lipinski definition) is 4.